The number of ether oxygens (including phenoxy) is 4. The van der Waals surface area contributed by atoms with Crippen molar-refractivity contribution in [3.05, 3.63) is 0 Å². The molecule has 1 unspecified atom stereocenters. The molecule has 1 rings (SSSR count). The van der Waals surface area contributed by atoms with E-state index >= 15 is 0 Å². The minimum Gasteiger partial charge on any atom is -0.431 e. The predicted molar refractivity (Wildman–Crippen MR) is 61.7 cm³/mol. The molecule has 6 nitrogen and oxygen atoms in total. The minimum atomic E-state index is -0.937. The number of rotatable bonds is 6. The van der Waals surface area contributed by atoms with Crippen LogP contribution in [0.4, 0.5) is 4.79 Å². The standard InChI is InChI=1S/C12H20O6/c1-7(2)16-12(14)18-8(3)17-11(13)10-5-9(10)6-15-4/h7-10H,5-6H2,1-4H3/t8?,9-,10+/m0/s1. The van der Waals surface area contributed by atoms with Crippen LogP contribution in [0.1, 0.15) is 27.2 Å². The molecular weight excluding hydrogens is 240 g/mol. The summed E-state index contributed by atoms with van der Waals surface area (Å²) >= 11 is 0. The number of carbonyl (C=O) groups excluding carboxylic acids is 2. The highest BCUT2D eigenvalue weighted by atomic mass is 16.8. The molecule has 0 aliphatic heterocycles. The van der Waals surface area contributed by atoms with Gasteiger partial charge in [0.2, 0.25) is 6.29 Å². The molecule has 1 fully saturated rings. The molecule has 0 spiro atoms. The second-order valence-electron chi connectivity index (χ2n) is 4.60. The topological polar surface area (TPSA) is 71.1 Å². The van der Waals surface area contributed by atoms with E-state index in [0.717, 1.165) is 6.42 Å². The van der Waals surface area contributed by atoms with Gasteiger partial charge in [-0.2, -0.15) is 0 Å². The van der Waals surface area contributed by atoms with Crippen molar-refractivity contribution in [1.82, 2.24) is 0 Å². The van der Waals surface area contributed by atoms with E-state index < -0.39 is 12.4 Å². The van der Waals surface area contributed by atoms with Crippen molar-refractivity contribution >= 4 is 12.1 Å². The maximum Gasteiger partial charge on any atom is 0.511 e. The van der Waals surface area contributed by atoms with Crippen molar-refractivity contribution in [3.63, 3.8) is 0 Å². The Bertz CT molecular complexity index is 301. The Labute approximate surface area is 107 Å². The zero-order valence-electron chi connectivity index (χ0n) is 11.2. The number of hydrogen-bond acceptors (Lipinski definition) is 6. The third kappa shape index (κ3) is 4.91. The first-order chi connectivity index (χ1) is 8.43. The summed E-state index contributed by atoms with van der Waals surface area (Å²) in [6, 6.07) is 0. The van der Waals surface area contributed by atoms with Crippen LogP contribution in [0.5, 0.6) is 0 Å². The fraction of sp³-hybridized carbons (Fsp3) is 0.833. The molecule has 0 aromatic rings. The zero-order chi connectivity index (χ0) is 13.7. The van der Waals surface area contributed by atoms with E-state index in [1.54, 1.807) is 21.0 Å². The van der Waals surface area contributed by atoms with Crippen molar-refractivity contribution in [1.29, 1.82) is 0 Å². The summed E-state index contributed by atoms with van der Waals surface area (Å²) in [7, 11) is 1.59. The molecule has 0 bridgehead atoms. The lowest BCUT2D eigenvalue weighted by atomic mass is 10.3. The molecule has 0 N–H and O–H groups in total. The summed E-state index contributed by atoms with van der Waals surface area (Å²) in [6.45, 7) is 5.44. The molecule has 0 amide bonds. The van der Waals surface area contributed by atoms with Crippen LogP contribution < -0.4 is 0 Å². The Morgan fingerprint density at radius 1 is 1.17 bits per heavy atom. The van der Waals surface area contributed by atoms with Crippen LogP contribution in [0.3, 0.4) is 0 Å². The minimum absolute atomic E-state index is 0.142. The number of methoxy groups -OCH3 is 1. The third-order valence-electron chi connectivity index (χ3n) is 2.48. The molecule has 0 aromatic heterocycles. The van der Waals surface area contributed by atoms with Crippen LogP contribution in [0, 0.1) is 11.8 Å². The van der Waals surface area contributed by atoms with Crippen molar-refractivity contribution in [2.45, 2.75) is 39.6 Å². The Kier molecular flexibility index (Phi) is 5.40. The highest BCUT2D eigenvalue weighted by Crippen LogP contribution is 2.39. The lowest BCUT2D eigenvalue weighted by Gasteiger charge is -2.15. The molecule has 1 aliphatic carbocycles. The lowest BCUT2D eigenvalue weighted by molar-refractivity contribution is -0.170. The van der Waals surface area contributed by atoms with Crippen LogP contribution in [0.2, 0.25) is 0 Å². The fourth-order valence-electron chi connectivity index (χ4n) is 1.57. The van der Waals surface area contributed by atoms with Crippen molar-refractivity contribution in [2.24, 2.45) is 11.8 Å². The van der Waals surface area contributed by atoms with E-state index in [4.69, 9.17) is 18.9 Å². The van der Waals surface area contributed by atoms with Gasteiger partial charge < -0.3 is 18.9 Å². The molecular formula is C12H20O6. The predicted octanol–water partition coefficient (Wildman–Crippen LogP) is 1.72. The van der Waals surface area contributed by atoms with Gasteiger partial charge in [0.05, 0.1) is 12.0 Å². The SMILES string of the molecule is COC[C@@H]1C[C@H]1C(=O)OC(C)OC(=O)OC(C)C. The molecule has 1 saturated carbocycles. The molecule has 0 aromatic carbocycles. The van der Waals surface area contributed by atoms with Crippen LogP contribution in [-0.4, -0.2) is 38.2 Å². The molecule has 0 saturated heterocycles. The van der Waals surface area contributed by atoms with Gasteiger partial charge >= 0.3 is 12.1 Å². The maximum absolute atomic E-state index is 11.6. The highest BCUT2D eigenvalue weighted by molar-refractivity contribution is 5.76. The molecule has 0 heterocycles. The average molecular weight is 260 g/mol. The van der Waals surface area contributed by atoms with Gasteiger partial charge in [0, 0.05) is 20.6 Å². The van der Waals surface area contributed by atoms with Crippen molar-refractivity contribution in [2.75, 3.05) is 13.7 Å². The first-order valence-electron chi connectivity index (χ1n) is 6.00. The summed E-state index contributed by atoms with van der Waals surface area (Å²) in [5.74, 6) is -0.281. The van der Waals surface area contributed by atoms with E-state index in [1.807, 2.05) is 0 Å². The van der Waals surface area contributed by atoms with E-state index in [0.29, 0.717) is 6.61 Å². The first kappa shape index (κ1) is 14.8. The zero-order valence-corrected chi connectivity index (χ0v) is 11.2. The molecule has 0 radical (unpaired) electrons. The van der Waals surface area contributed by atoms with Crippen molar-refractivity contribution in [3.8, 4) is 0 Å². The normalized spacial score (nSPS) is 23.4. The van der Waals surface area contributed by atoms with E-state index in [-0.39, 0.29) is 23.9 Å². The second kappa shape index (κ2) is 6.58. The monoisotopic (exact) mass is 260 g/mol. The third-order valence-corrected chi connectivity index (χ3v) is 2.48. The molecule has 1 aliphatic rings. The van der Waals surface area contributed by atoms with E-state index in [2.05, 4.69) is 0 Å². The fourth-order valence-corrected chi connectivity index (χ4v) is 1.57. The van der Waals surface area contributed by atoms with Crippen molar-refractivity contribution < 1.29 is 28.5 Å². The van der Waals surface area contributed by atoms with Gasteiger partial charge in [-0.1, -0.05) is 0 Å². The van der Waals surface area contributed by atoms with E-state index in [9.17, 15) is 9.59 Å². The summed E-state index contributed by atoms with van der Waals surface area (Å²) in [6.07, 6.45) is -1.28. The van der Waals surface area contributed by atoms with E-state index in [1.165, 1.54) is 6.92 Å². The van der Waals surface area contributed by atoms with Gasteiger partial charge in [-0.05, 0) is 26.2 Å². The Hall–Kier alpha value is -1.30. The number of carbonyl (C=O) groups is 2. The summed E-state index contributed by atoms with van der Waals surface area (Å²) in [5.41, 5.74) is 0. The molecule has 18 heavy (non-hydrogen) atoms. The smallest absolute Gasteiger partial charge is 0.431 e. The van der Waals surface area contributed by atoms with Gasteiger partial charge in [0.15, 0.2) is 0 Å². The van der Waals surface area contributed by atoms with Crippen LogP contribution in [-0.2, 0) is 23.7 Å². The molecule has 6 heteroatoms. The van der Waals surface area contributed by atoms with Gasteiger partial charge in [-0.25, -0.2) is 4.79 Å². The highest BCUT2D eigenvalue weighted by Gasteiger charge is 2.44. The van der Waals surface area contributed by atoms with Crippen LogP contribution in [0.15, 0.2) is 0 Å². The lowest BCUT2D eigenvalue weighted by Crippen LogP contribution is -2.24. The summed E-state index contributed by atoms with van der Waals surface area (Å²) < 4.78 is 19.5. The van der Waals surface area contributed by atoms with Gasteiger partial charge in [0.25, 0.3) is 0 Å². The molecule has 3 atom stereocenters. The van der Waals surface area contributed by atoms with Crippen LogP contribution in [0.25, 0.3) is 0 Å². The molecule has 104 valence electrons. The number of esters is 1. The first-order valence-corrected chi connectivity index (χ1v) is 6.00. The average Bonchev–Trinajstić information content (AvgIpc) is 2.95. The maximum atomic E-state index is 11.6. The largest absolute Gasteiger partial charge is 0.511 e. The Morgan fingerprint density at radius 2 is 1.83 bits per heavy atom. The van der Waals surface area contributed by atoms with Crippen LogP contribution >= 0.6 is 0 Å². The van der Waals surface area contributed by atoms with Gasteiger partial charge in [-0.3, -0.25) is 4.79 Å². The quantitative estimate of drug-likeness (QED) is 0.535. The Balaban J connectivity index is 2.22. The number of hydrogen-bond donors (Lipinski definition) is 0. The summed E-state index contributed by atoms with van der Waals surface area (Å²) in [5, 5.41) is 0. The summed E-state index contributed by atoms with van der Waals surface area (Å²) in [4.78, 5) is 22.7. The Morgan fingerprint density at radius 3 is 2.39 bits per heavy atom. The second-order valence-corrected chi connectivity index (χ2v) is 4.60. The van der Waals surface area contributed by atoms with Gasteiger partial charge in [0.1, 0.15) is 0 Å². The van der Waals surface area contributed by atoms with Gasteiger partial charge in [-0.15, -0.1) is 0 Å².